The van der Waals surface area contributed by atoms with Crippen molar-refractivity contribution in [1.29, 1.82) is 0 Å². The van der Waals surface area contributed by atoms with E-state index in [1.54, 1.807) is 0 Å². The van der Waals surface area contributed by atoms with Crippen molar-refractivity contribution in [1.82, 2.24) is 0 Å². The van der Waals surface area contributed by atoms with Gasteiger partial charge in [0.1, 0.15) is 0 Å². The van der Waals surface area contributed by atoms with Crippen LogP contribution >= 0.6 is 0 Å². The van der Waals surface area contributed by atoms with Gasteiger partial charge in [-0.2, -0.15) is 0 Å². The number of rotatable bonds is 6. The largest absolute Gasteiger partial charge is 0.331 e. The van der Waals surface area contributed by atoms with Gasteiger partial charge < -0.3 is 4.84 Å². The van der Waals surface area contributed by atoms with E-state index in [4.69, 9.17) is 4.84 Å². The molecule has 0 spiro atoms. The molecule has 4 nitrogen and oxygen atoms in total. The summed E-state index contributed by atoms with van der Waals surface area (Å²) in [7, 11) is 0. The van der Waals surface area contributed by atoms with E-state index in [0.717, 1.165) is 34.2 Å². The molecule has 174 valence electrons. The molecule has 0 N–H and O–H groups in total. The summed E-state index contributed by atoms with van der Waals surface area (Å²) in [5, 5.41) is 3.96. The number of benzene rings is 3. The number of ketones is 1. The monoisotopic (exact) mass is 453 g/mol. The smallest absolute Gasteiger partial charge is 0.318 e. The van der Waals surface area contributed by atoms with Crippen LogP contribution in [0.25, 0.3) is 11.1 Å². The first-order valence-electron chi connectivity index (χ1n) is 11.8. The Balaban J connectivity index is 1.86. The molecule has 0 saturated carbocycles. The molecule has 0 bridgehead atoms. The van der Waals surface area contributed by atoms with Crippen molar-refractivity contribution in [3.8, 4) is 11.1 Å². The first-order chi connectivity index (χ1) is 16.2. The summed E-state index contributed by atoms with van der Waals surface area (Å²) in [5.74, 6) is -0.0209. The topological polar surface area (TPSA) is 55.7 Å². The van der Waals surface area contributed by atoms with E-state index in [2.05, 4.69) is 50.2 Å². The van der Waals surface area contributed by atoms with Crippen molar-refractivity contribution in [2.24, 2.45) is 11.1 Å². The second-order valence-electron chi connectivity index (χ2n) is 9.44. The highest BCUT2D eigenvalue weighted by atomic mass is 16.7. The number of hydrogen-bond donors (Lipinski definition) is 0. The number of oxime groups is 1. The molecule has 2 atom stereocenters. The summed E-state index contributed by atoms with van der Waals surface area (Å²) in [6.07, 6.45) is 1.01. The quantitative estimate of drug-likeness (QED) is 0.178. The molecule has 0 aromatic heterocycles. The minimum atomic E-state index is -0.443. The molecule has 0 fully saturated rings. The van der Waals surface area contributed by atoms with Crippen LogP contribution in [-0.4, -0.2) is 17.5 Å². The van der Waals surface area contributed by atoms with Crippen LogP contribution in [-0.2, 0) is 15.0 Å². The van der Waals surface area contributed by atoms with E-state index in [9.17, 15) is 9.59 Å². The highest BCUT2D eigenvalue weighted by molar-refractivity contribution is 6.10. The summed E-state index contributed by atoms with van der Waals surface area (Å²) in [5.41, 5.74) is 8.47. The number of carbonyl (C=O) groups is 2. The molecule has 3 aromatic rings. The Hall–Kier alpha value is -3.53. The lowest BCUT2D eigenvalue weighted by Gasteiger charge is -2.34. The lowest BCUT2D eigenvalue weighted by Crippen LogP contribution is -2.29. The van der Waals surface area contributed by atoms with Gasteiger partial charge in [-0.15, -0.1) is 0 Å². The molecular weight excluding hydrogens is 422 g/mol. The normalized spacial score (nSPS) is 17.6. The molecule has 0 aliphatic heterocycles. The predicted octanol–water partition coefficient (Wildman–Crippen LogP) is 6.85. The molecule has 0 amide bonds. The van der Waals surface area contributed by atoms with Crippen LogP contribution in [0.1, 0.15) is 79.2 Å². The molecule has 1 aliphatic rings. The first-order valence-corrected chi connectivity index (χ1v) is 11.8. The minimum Gasteiger partial charge on any atom is -0.318 e. The van der Waals surface area contributed by atoms with Gasteiger partial charge in [-0.25, -0.2) is 4.79 Å². The van der Waals surface area contributed by atoms with Gasteiger partial charge in [0.05, 0.1) is 5.71 Å². The summed E-state index contributed by atoms with van der Waals surface area (Å²) >= 11 is 0. The van der Waals surface area contributed by atoms with Gasteiger partial charge in [0.2, 0.25) is 0 Å². The first kappa shape index (κ1) is 23.6. The Labute approximate surface area is 201 Å². The Morgan fingerprint density at radius 2 is 1.65 bits per heavy atom. The summed E-state index contributed by atoms with van der Waals surface area (Å²) in [6.45, 7) is 11.9. The molecular formula is C30H31NO3. The third-order valence-corrected chi connectivity index (χ3v) is 7.43. The third-order valence-electron chi connectivity index (χ3n) is 7.43. The summed E-state index contributed by atoms with van der Waals surface area (Å²) in [4.78, 5) is 29.4. The fourth-order valence-corrected chi connectivity index (χ4v) is 5.05. The van der Waals surface area contributed by atoms with Crippen LogP contribution in [0.5, 0.6) is 0 Å². The molecule has 1 aliphatic carbocycles. The van der Waals surface area contributed by atoms with Gasteiger partial charge >= 0.3 is 5.97 Å². The van der Waals surface area contributed by atoms with Gasteiger partial charge in [0, 0.05) is 23.5 Å². The Bertz CT molecular complexity index is 1320. The van der Waals surface area contributed by atoms with E-state index in [1.165, 1.54) is 18.1 Å². The average molecular weight is 454 g/mol. The molecule has 4 rings (SSSR count). The van der Waals surface area contributed by atoms with Crippen molar-refractivity contribution in [3.05, 3.63) is 94.0 Å². The van der Waals surface area contributed by atoms with Crippen LogP contribution in [0.3, 0.4) is 0 Å². The van der Waals surface area contributed by atoms with Crippen molar-refractivity contribution >= 4 is 17.5 Å². The Kier molecular flexibility index (Phi) is 6.26. The highest BCUT2D eigenvalue weighted by Crippen LogP contribution is 2.53. The van der Waals surface area contributed by atoms with Gasteiger partial charge in [0.15, 0.2) is 5.78 Å². The summed E-state index contributed by atoms with van der Waals surface area (Å²) in [6, 6.07) is 20.2. The minimum absolute atomic E-state index is 0.0494. The average Bonchev–Trinajstić information content (AvgIpc) is 3.10. The molecule has 0 saturated heterocycles. The fourth-order valence-electron chi connectivity index (χ4n) is 5.05. The van der Waals surface area contributed by atoms with Crippen LogP contribution in [0.15, 0.2) is 65.8 Å². The SMILES string of the molecule is CC[C@@H](C)C1(C)c2ccc(/C(C)=N\OC(C)=O)cc2-c2ccc(C(=O)c3ccccc3C)cc21. The van der Waals surface area contributed by atoms with Crippen LogP contribution in [0, 0.1) is 12.8 Å². The maximum absolute atomic E-state index is 13.4. The molecule has 0 heterocycles. The third kappa shape index (κ3) is 3.87. The fraction of sp³-hybridized carbons (Fsp3) is 0.300. The zero-order chi connectivity index (χ0) is 24.6. The maximum atomic E-state index is 13.4. The van der Waals surface area contributed by atoms with Crippen molar-refractivity contribution in [3.63, 3.8) is 0 Å². The number of carbonyl (C=O) groups excluding carboxylic acids is 2. The molecule has 1 unspecified atom stereocenters. The van der Waals surface area contributed by atoms with E-state index in [0.29, 0.717) is 17.2 Å². The number of hydrogen-bond acceptors (Lipinski definition) is 4. The second-order valence-corrected chi connectivity index (χ2v) is 9.44. The number of fused-ring (bicyclic) bond motifs is 3. The van der Waals surface area contributed by atoms with Crippen LogP contribution < -0.4 is 0 Å². The second kappa shape index (κ2) is 9.02. The number of aryl methyl sites for hydroxylation is 1. The molecule has 3 aromatic carbocycles. The lowest BCUT2D eigenvalue weighted by molar-refractivity contribution is -0.140. The van der Waals surface area contributed by atoms with Gasteiger partial charge in [-0.1, -0.05) is 80.9 Å². The lowest BCUT2D eigenvalue weighted by atomic mass is 9.69. The Morgan fingerprint density at radius 1 is 0.941 bits per heavy atom. The van der Waals surface area contributed by atoms with Gasteiger partial charge in [-0.3, -0.25) is 4.79 Å². The van der Waals surface area contributed by atoms with E-state index >= 15 is 0 Å². The zero-order valence-corrected chi connectivity index (χ0v) is 20.7. The van der Waals surface area contributed by atoms with Gasteiger partial charge in [-0.05, 0) is 65.3 Å². The maximum Gasteiger partial charge on any atom is 0.331 e. The van der Waals surface area contributed by atoms with Gasteiger partial charge in [0.25, 0.3) is 0 Å². The van der Waals surface area contributed by atoms with Crippen molar-refractivity contribution in [2.75, 3.05) is 0 Å². The van der Waals surface area contributed by atoms with Crippen LogP contribution in [0.4, 0.5) is 0 Å². The summed E-state index contributed by atoms with van der Waals surface area (Å²) < 4.78 is 0. The molecule has 34 heavy (non-hydrogen) atoms. The Morgan fingerprint density at radius 3 is 2.32 bits per heavy atom. The van der Waals surface area contributed by atoms with Crippen molar-refractivity contribution < 1.29 is 14.4 Å². The van der Waals surface area contributed by atoms with Crippen LogP contribution in [0.2, 0.25) is 0 Å². The highest BCUT2D eigenvalue weighted by Gasteiger charge is 2.43. The number of nitrogens with zero attached hydrogens (tertiary/aromatic N) is 1. The predicted molar refractivity (Wildman–Crippen MR) is 136 cm³/mol. The molecule has 0 radical (unpaired) electrons. The zero-order valence-electron chi connectivity index (χ0n) is 20.7. The molecule has 4 heteroatoms. The van der Waals surface area contributed by atoms with E-state index < -0.39 is 5.97 Å². The van der Waals surface area contributed by atoms with E-state index in [-0.39, 0.29) is 11.2 Å². The van der Waals surface area contributed by atoms with E-state index in [1.807, 2.05) is 50.2 Å². The van der Waals surface area contributed by atoms with Crippen molar-refractivity contribution in [2.45, 2.75) is 53.4 Å². The standard InChI is InChI=1S/C30H31NO3/c1-7-19(3)30(6)27-15-13-22(20(4)31-34-21(5)32)16-26(27)25-14-12-23(17-28(25)30)29(33)24-11-9-8-10-18(24)2/h8-17,19H,7H2,1-6H3/b31-20-/t19-,30?/m1/s1.